The van der Waals surface area contributed by atoms with E-state index in [-0.39, 0.29) is 10.5 Å². The van der Waals surface area contributed by atoms with Crippen molar-refractivity contribution < 1.29 is 17.7 Å². The van der Waals surface area contributed by atoms with Gasteiger partial charge in [0.15, 0.2) is 5.65 Å². The summed E-state index contributed by atoms with van der Waals surface area (Å²) in [6, 6.07) is 9.90. The van der Waals surface area contributed by atoms with Crippen LogP contribution in [0.25, 0.3) is 11.0 Å². The van der Waals surface area contributed by atoms with Gasteiger partial charge in [-0.15, -0.1) is 0 Å². The Kier molecular flexibility index (Phi) is 4.39. The van der Waals surface area contributed by atoms with Crippen LogP contribution >= 0.6 is 11.6 Å². The fraction of sp³-hybridized carbons (Fsp3) is 0.316. The third-order valence-corrected chi connectivity index (χ3v) is 7.29. The quantitative estimate of drug-likeness (QED) is 0.611. The molecule has 0 spiro atoms. The second-order valence-electron chi connectivity index (χ2n) is 7.81. The average molecular weight is 419 g/mol. The number of fused-ring (bicyclic) bond motifs is 1. The Balaban J connectivity index is 1.92. The van der Waals surface area contributed by atoms with Crippen LogP contribution in [0.3, 0.4) is 0 Å². The lowest BCUT2D eigenvalue weighted by Crippen LogP contribution is -2.41. The van der Waals surface area contributed by atoms with Crippen molar-refractivity contribution in [3.63, 3.8) is 0 Å². The largest absolute Gasteiger partial charge is 0.497 e. The Bertz CT molecular complexity index is 1140. The van der Waals surface area contributed by atoms with Crippen molar-refractivity contribution in [1.82, 2.24) is 8.96 Å². The first-order chi connectivity index (χ1) is 13.0. The first kappa shape index (κ1) is 19.5. The lowest BCUT2D eigenvalue weighted by Gasteiger charge is -2.32. The van der Waals surface area contributed by atoms with Gasteiger partial charge in [0.05, 0.1) is 21.1 Å². The van der Waals surface area contributed by atoms with E-state index in [1.54, 1.807) is 36.4 Å². The molecule has 0 amide bonds. The van der Waals surface area contributed by atoms with E-state index in [1.165, 1.54) is 12.4 Å². The Morgan fingerprint density at radius 2 is 1.68 bits per heavy atom. The fourth-order valence-corrected chi connectivity index (χ4v) is 4.64. The predicted molar refractivity (Wildman–Crippen MR) is 109 cm³/mol. The molecule has 2 aromatic heterocycles. The van der Waals surface area contributed by atoms with E-state index in [0.717, 1.165) is 3.97 Å². The molecule has 1 aromatic carbocycles. The lowest BCUT2D eigenvalue weighted by atomic mass is 9.79. The molecule has 1 fully saturated rings. The molecular formula is C19H20BClN2O4S. The Morgan fingerprint density at radius 1 is 1.07 bits per heavy atom. The number of pyridine rings is 1. The van der Waals surface area contributed by atoms with Gasteiger partial charge < -0.3 is 9.31 Å². The first-order valence-corrected chi connectivity index (χ1v) is 10.7. The predicted octanol–water partition coefficient (Wildman–Crippen LogP) is 3.23. The van der Waals surface area contributed by atoms with Crippen LogP contribution in [0.1, 0.15) is 27.7 Å². The minimum Gasteiger partial charge on any atom is -0.399 e. The van der Waals surface area contributed by atoms with Crippen LogP contribution in [0.15, 0.2) is 53.7 Å². The Labute approximate surface area is 169 Å². The van der Waals surface area contributed by atoms with Gasteiger partial charge in [-0.1, -0.05) is 29.8 Å². The fourth-order valence-electron chi connectivity index (χ4n) is 3.12. The van der Waals surface area contributed by atoms with Gasteiger partial charge in [0, 0.05) is 23.2 Å². The van der Waals surface area contributed by atoms with Crippen LogP contribution in [0.2, 0.25) is 5.02 Å². The van der Waals surface area contributed by atoms with Crippen LogP contribution in [0.4, 0.5) is 0 Å². The number of nitrogens with zero attached hydrogens (tertiary/aromatic N) is 2. The summed E-state index contributed by atoms with van der Waals surface area (Å²) in [5.74, 6) is 0. The van der Waals surface area contributed by atoms with Crippen molar-refractivity contribution >= 4 is 45.2 Å². The van der Waals surface area contributed by atoms with E-state index in [4.69, 9.17) is 20.9 Å². The minimum absolute atomic E-state index is 0.170. The topological polar surface area (TPSA) is 70.4 Å². The van der Waals surface area contributed by atoms with Gasteiger partial charge in [-0.2, -0.15) is 0 Å². The first-order valence-electron chi connectivity index (χ1n) is 8.86. The van der Waals surface area contributed by atoms with E-state index < -0.39 is 28.3 Å². The van der Waals surface area contributed by atoms with Crippen molar-refractivity contribution in [3.8, 4) is 0 Å². The number of hydrogen-bond acceptors (Lipinski definition) is 5. The van der Waals surface area contributed by atoms with Crippen LogP contribution in [-0.4, -0.2) is 35.7 Å². The normalized spacial score (nSPS) is 18.7. The molecule has 9 heteroatoms. The molecule has 1 aliphatic rings. The van der Waals surface area contributed by atoms with Crippen LogP contribution in [0, 0.1) is 0 Å². The summed E-state index contributed by atoms with van der Waals surface area (Å²) in [7, 11) is -4.58. The monoisotopic (exact) mass is 418 g/mol. The average Bonchev–Trinajstić information content (AvgIpc) is 3.10. The van der Waals surface area contributed by atoms with Crippen molar-refractivity contribution in [1.29, 1.82) is 0 Å². The van der Waals surface area contributed by atoms with Gasteiger partial charge in [0.1, 0.15) is 0 Å². The molecule has 3 heterocycles. The van der Waals surface area contributed by atoms with Crippen LogP contribution in [-0.2, 0) is 19.3 Å². The maximum Gasteiger partial charge on any atom is 0.497 e. The summed E-state index contributed by atoms with van der Waals surface area (Å²) >= 11 is 6.15. The Morgan fingerprint density at radius 3 is 2.29 bits per heavy atom. The summed E-state index contributed by atoms with van der Waals surface area (Å²) in [5, 5.41) is 0.977. The summed E-state index contributed by atoms with van der Waals surface area (Å²) in [6.45, 7) is 7.77. The minimum atomic E-state index is -3.84. The lowest BCUT2D eigenvalue weighted by molar-refractivity contribution is 0.00578. The maximum atomic E-state index is 13.2. The van der Waals surface area contributed by atoms with Gasteiger partial charge in [-0.3, -0.25) is 0 Å². The van der Waals surface area contributed by atoms with Gasteiger partial charge in [0.25, 0.3) is 10.0 Å². The zero-order valence-corrected chi connectivity index (χ0v) is 17.6. The molecule has 0 aliphatic carbocycles. The van der Waals surface area contributed by atoms with Gasteiger partial charge in [-0.25, -0.2) is 17.4 Å². The SMILES string of the molecule is CC1(C)OB(c2cn(S(=O)(=O)c3ccccc3)c3ncc(Cl)cc23)OC1(C)C. The molecule has 0 N–H and O–H groups in total. The zero-order chi connectivity index (χ0) is 20.3. The van der Waals surface area contributed by atoms with E-state index in [0.29, 0.717) is 15.9 Å². The van der Waals surface area contributed by atoms with Crippen molar-refractivity contribution in [2.75, 3.05) is 0 Å². The second kappa shape index (κ2) is 6.32. The number of rotatable bonds is 3. The molecule has 0 unspecified atom stereocenters. The van der Waals surface area contributed by atoms with E-state index in [1.807, 2.05) is 27.7 Å². The number of hydrogen-bond donors (Lipinski definition) is 0. The number of halogens is 1. The number of aromatic nitrogens is 2. The molecule has 1 aliphatic heterocycles. The zero-order valence-electron chi connectivity index (χ0n) is 16.0. The summed E-state index contributed by atoms with van der Waals surface area (Å²) in [5.41, 5.74) is -0.270. The molecule has 1 saturated heterocycles. The molecule has 4 rings (SSSR count). The highest BCUT2D eigenvalue weighted by molar-refractivity contribution is 7.90. The van der Waals surface area contributed by atoms with E-state index >= 15 is 0 Å². The highest BCUT2D eigenvalue weighted by atomic mass is 35.5. The highest BCUT2D eigenvalue weighted by Crippen LogP contribution is 2.37. The highest BCUT2D eigenvalue weighted by Gasteiger charge is 2.52. The molecule has 6 nitrogen and oxygen atoms in total. The van der Waals surface area contributed by atoms with Crippen molar-refractivity contribution in [2.45, 2.75) is 43.8 Å². The van der Waals surface area contributed by atoms with E-state index in [9.17, 15) is 8.42 Å². The maximum absolute atomic E-state index is 13.2. The van der Waals surface area contributed by atoms with Crippen molar-refractivity contribution in [3.05, 3.63) is 53.8 Å². The molecular weight excluding hydrogens is 399 g/mol. The molecule has 0 bridgehead atoms. The van der Waals surface area contributed by atoms with Gasteiger partial charge in [0.2, 0.25) is 0 Å². The molecule has 3 aromatic rings. The number of benzene rings is 1. The third kappa shape index (κ3) is 2.95. The van der Waals surface area contributed by atoms with E-state index in [2.05, 4.69) is 4.98 Å². The summed E-state index contributed by atoms with van der Waals surface area (Å²) < 4.78 is 39.9. The van der Waals surface area contributed by atoms with Crippen LogP contribution < -0.4 is 5.46 Å². The molecule has 0 saturated carbocycles. The molecule has 146 valence electrons. The van der Waals surface area contributed by atoms with Gasteiger partial charge >= 0.3 is 7.12 Å². The van der Waals surface area contributed by atoms with Crippen LogP contribution in [0.5, 0.6) is 0 Å². The molecule has 0 atom stereocenters. The van der Waals surface area contributed by atoms with Crippen molar-refractivity contribution in [2.24, 2.45) is 0 Å². The second-order valence-corrected chi connectivity index (χ2v) is 10.1. The Hall–Kier alpha value is -1.87. The summed E-state index contributed by atoms with van der Waals surface area (Å²) in [6.07, 6.45) is 2.94. The third-order valence-electron chi connectivity index (χ3n) is 5.42. The molecule has 0 radical (unpaired) electrons. The standard InChI is InChI=1S/C19H20BClN2O4S/c1-18(2)19(3,4)27-20(26-18)16-12-23(17-15(16)10-13(21)11-22-17)28(24,25)14-8-6-5-7-9-14/h5-12H,1-4H3. The smallest absolute Gasteiger partial charge is 0.399 e. The van der Waals surface area contributed by atoms with Gasteiger partial charge in [-0.05, 0) is 45.9 Å². The summed E-state index contributed by atoms with van der Waals surface area (Å²) in [4.78, 5) is 4.45. The molecule has 28 heavy (non-hydrogen) atoms.